The summed E-state index contributed by atoms with van der Waals surface area (Å²) in [6.07, 6.45) is 9.46. The summed E-state index contributed by atoms with van der Waals surface area (Å²) < 4.78 is 17.3. The molecule has 3 aromatic rings. The molecular weight excluding hydrogens is 436 g/mol. The van der Waals surface area contributed by atoms with Crippen LogP contribution < -0.4 is 10.6 Å². The van der Waals surface area contributed by atoms with Crippen LogP contribution in [0.4, 0.5) is 11.4 Å². The number of carbonyl (C=O) groups is 2. The number of ether oxygens (including phenoxy) is 2. The zero-order valence-electron chi connectivity index (χ0n) is 19.9. The number of aromatic nitrogens is 2. The number of methoxy groups -OCH3 is 2. The minimum atomic E-state index is -0.575. The van der Waals surface area contributed by atoms with E-state index in [9.17, 15) is 9.59 Å². The number of hydrogen-bond donors (Lipinski definition) is 2. The van der Waals surface area contributed by atoms with Crippen LogP contribution >= 0.6 is 0 Å². The number of nitrogens with one attached hydrogen (secondary N) is 2. The van der Waals surface area contributed by atoms with Crippen molar-refractivity contribution in [2.45, 2.75) is 51.6 Å². The highest BCUT2D eigenvalue weighted by Crippen LogP contribution is 2.34. The number of hydrogen-bond acceptors (Lipinski definition) is 7. The second-order valence-electron chi connectivity index (χ2n) is 8.72. The lowest BCUT2D eigenvalue weighted by atomic mass is 9.84. The first-order valence-corrected chi connectivity index (χ1v) is 11.7. The Balaban J connectivity index is 1.75. The van der Waals surface area contributed by atoms with Crippen molar-refractivity contribution in [1.82, 2.24) is 9.55 Å². The van der Waals surface area contributed by atoms with E-state index >= 15 is 0 Å². The summed E-state index contributed by atoms with van der Waals surface area (Å²) in [5, 5.41) is 7.07. The Morgan fingerprint density at radius 2 is 2.06 bits per heavy atom. The van der Waals surface area contributed by atoms with Gasteiger partial charge >= 0.3 is 5.97 Å². The molecule has 1 aliphatic carbocycles. The van der Waals surface area contributed by atoms with Crippen LogP contribution in [0, 0.1) is 5.92 Å². The summed E-state index contributed by atoms with van der Waals surface area (Å²) in [5.41, 5.74) is 1.93. The van der Waals surface area contributed by atoms with Gasteiger partial charge in [0, 0.05) is 25.1 Å². The third-order valence-corrected chi connectivity index (χ3v) is 6.53. The van der Waals surface area contributed by atoms with Gasteiger partial charge in [0.05, 0.1) is 37.6 Å². The van der Waals surface area contributed by atoms with Crippen molar-refractivity contribution >= 4 is 34.3 Å². The molecule has 3 heterocycles. The first-order chi connectivity index (χ1) is 16.5. The maximum Gasteiger partial charge on any atom is 0.356 e. The van der Waals surface area contributed by atoms with Crippen molar-refractivity contribution in [2.24, 2.45) is 5.92 Å². The van der Waals surface area contributed by atoms with Crippen molar-refractivity contribution in [2.75, 3.05) is 31.5 Å². The maximum absolute atomic E-state index is 12.8. The topological polar surface area (TPSA) is 108 Å². The molecule has 34 heavy (non-hydrogen) atoms. The van der Waals surface area contributed by atoms with E-state index < -0.39 is 11.9 Å². The van der Waals surface area contributed by atoms with E-state index in [2.05, 4.69) is 22.5 Å². The SMILES string of the molecule is COCCn1c(C(=O)OC)c(NC(=O)c2ccco2)c2cc(N[C@@H](C)C3CCCCC3)cnc21. The van der Waals surface area contributed by atoms with Gasteiger partial charge in [-0.25, -0.2) is 9.78 Å². The summed E-state index contributed by atoms with van der Waals surface area (Å²) in [6.45, 7) is 2.93. The van der Waals surface area contributed by atoms with Gasteiger partial charge in [-0.3, -0.25) is 4.79 Å². The Labute approximate surface area is 198 Å². The van der Waals surface area contributed by atoms with Crippen molar-refractivity contribution in [3.8, 4) is 0 Å². The molecular formula is C25H32N4O5. The Morgan fingerprint density at radius 3 is 2.74 bits per heavy atom. The highest BCUT2D eigenvalue weighted by Gasteiger charge is 2.27. The first kappa shape index (κ1) is 23.8. The number of fused-ring (bicyclic) bond motifs is 1. The van der Waals surface area contributed by atoms with Gasteiger partial charge in [0.2, 0.25) is 0 Å². The molecule has 0 saturated heterocycles. The quantitative estimate of drug-likeness (QED) is 0.439. The average molecular weight is 469 g/mol. The number of amides is 1. The van der Waals surface area contributed by atoms with E-state index in [4.69, 9.17) is 13.9 Å². The highest BCUT2D eigenvalue weighted by atomic mass is 16.5. The lowest BCUT2D eigenvalue weighted by Crippen LogP contribution is -2.27. The summed E-state index contributed by atoms with van der Waals surface area (Å²) >= 11 is 0. The van der Waals surface area contributed by atoms with Crippen molar-refractivity contribution in [3.05, 3.63) is 42.1 Å². The largest absolute Gasteiger partial charge is 0.464 e. The number of furan rings is 1. The van der Waals surface area contributed by atoms with Crippen LogP contribution in [-0.2, 0) is 16.0 Å². The van der Waals surface area contributed by atoms with Crippen molar-refractivity contribution in [1.29, 1.82) is 0 Å². The van der Waals surface area contributed by atoms with Crippen LogP contribution in [0.3, 0.4) is 0 Å². The molecule has 1 aliphatic rings. The van der Waals surface area contributed by atoms with Gasteiger partial charge in [-0.1, -0.05) is 19.3 Å². The van der Waals surface area contributed by atoms with Gasteiger partial charge < -0.3 is 29.1 Å². The number of anilines is 2. The molecule has 4 rings (SSSR count). The van der Waals surface area contributed by atoms with E-state index in [1.807, 2.05) is 6.07 Å². The fraction of sp³-hybridized carbons (Fsp3) is 0.480. The number of carbonyl (C=O) groups excluding carboxylic acids is 2. The van der Waals surface area contributed by atoms with Gasteiger partial charge in [-0.15, -0.1) is 0 Å². The molecule has 182 valence electrons. The zero-order valence-corrected chi connectivity index (χ0v) is 19.9. The third-order valence-electron chi connectivity index (χ3n) is 6.53. The highest BCUT2D eigenvalue weighted by molar-refractivity contribution is 6.14. The number of nitrogens with zero attached hydrogens (tertiary/aromatic N) is 2. The smallest absolute Gasteiger partial charge is 0.356 e. The molecule has 2 N–H and O–H groups in total. The van der Waals surface area contributed by atoms with Crippen molar-refractivity contribution in [3.63, 3.8) is 0 Å². The number of pyridine rings is 1. The predicted molar refractivity (Wildman–Crippen MR) is 129 cm³/mol. The lowest BCUT2D eigenvalue weighted by Gasteiger charge is -2.28. The molecule has 0 aliphatic heterocycles. The van der Waals surface area contributed by atoms with E-state index in [-0.39, 0.29) is 17.5 Å². The molecule has 0 unspecified atom stereocenters. The van der Waals surface area contributed by atoms with Crippen LogP contribution in [0.25, 0.3) is 11.0 Å². The predicted octanol–water partition coefficient (Wildman–Crippen LogP) is 4.70. The number of rotatable bonds is 9. The minimum Gasteiger partial charge on any atom is -0.464 e. The summed E-state index contributed by atoms with van der Waals surface area (Å²) in [4.78, 5) is 30.3. The van der Waals surface area contributed by atoms with Gasteiger partial charge in [0.25, 0.3) is 5.91 Å². The van der Waals surface area contributed by atoms with Crippen LogP contribution in [0.15, 0.2) is 35.1 Å². The molecule has 0 spiro atoms. The van der Waals surface area contributed by atoms with E-state index in [1.165, 1.54) is 45.5 Å². The van der Waals surface area contributed by atoms with Gasteiger partial charge in [-0.2, -0.15) is 0 Å². The van der Waals surface area contributed by atoms with Crippen LogP contribution in [-0.4, -0.2) is 48.3 Å². The Morgan fingerprint density at radius 1 is 1.26 bits per heavy atom. The Kier molecular flexibility index (Phi) is 7.52. The molecule has 0 radical (unpaired) electrons. The fourth-order valence-corrected chi connectivity index (χ4v) is 4.74. The first-order valence-electron chi connectivity index (χ1n) is 11.7. The molecule has 9 nitrogen and oxygen atoms in total. The fourth-order valence-electron chi connectivity index (χ4n) is 4.74. The van der Waals surface area contributed by atoms with E-state index in [1.54, 1.807) is 30.0 Å². The summed E-state index contributed by atoms with van der Waals surface area (Å²) in [5.74, 6) is -0.287. The summed E-state index contributed by atoms with van der Waals surface area (Å²) in [7, 11) is 2.90. The van der Waals surface area contributed by atoms with Crippen molar-refractivity contribution < 1.29 is 23.5 Å². The molecule has 0 aromatic carbocycles. The Hall–Kier alpha value is -3.33. The monoisotopic (exact) mass is 468 g/mol. The second-order valence-corrected chi connectivity index (χ2v) is 8.72. The maximum atomic E-state index is 12.8. The third kappa shape index (κ3) is 4.94. The zero-order chi connectivity index (χ0) is 24.1. The van der Waals surface area contributed by atoms with Crippen LogP contribution in [0.1, 0.15) is 60.1 Å². The average Bonchev–Trinajstić information content (AvgIpc) is 3.50. The van der Waals surface area contributed by atoms with Gasteiger partial charge in [-0.05, 0) is 43.9 Å². The summed E-state index contributed by atoms with van der Waals surface area (Å²) in [6, 6.07) is 5.41. The van der Waals surface area contributed by atoms with Crippen LogP contribution in [0.2, 0.25) is 0 Å². The lowest BCUT2D eigenvalue weighted by molar-refractivity contribution is 0.0588. The van der Waals surface area contributed by atoms with Gasteiger partial charge in [0.1, 0.15) is 5.65 Å². The van der Waals surface area contributed by atoms with E-state index in [0.717, 1.165) is 5.69 Å². The van der Waals surface area contributed by atoms with E-state index in [0.29, 0.717) is 35.8 Å². The molecule has 1 atom stereocenters. The molecule has 9 heteroatoms. The normalized spacial score (nSPS) is 15.3. The second kappa shape index (κ2) is 10.7. The molecule has 3 aromatic heterocycles. The molecule has 1 saturated carbocycles. The minimum absolute atomic E-state index is 0.141. The molecule has 0 bridgehead atoms. The standard InChI is InChI=1S/C25H32N4O5/c1-16(17-8-5-4-6-9-17)27-18-14-19-21(28-24(30)20-10-7-12-34-20)22(25(31)33-3)29(11-13-32-2)23(19)26-15-18/h7,10,12,14-17,27H,4-6,8-9,11,13H2,1-3H3,(H,28,30)/t16-/m0/s1. The van der Waals surface area contributed by atoms with Gasteiger partial charge in [0.15, 0.2) is 11.5 Å². The Bertz CT molecular complexity index is 1130. The molecule has 1 amide bonds. The number of esters is 1. The molecule has 1 fully saturated rings. The van der Waals surface area contributed by atoms with Crippen LogP contribution in [0.5, 0.6) is 0 Å².